The zero-order valence-electron chi connectivity index (χ0n) is 11.0. The molecule has 92 valence electrons. The van der Waals surface area contributed by atoms with E-state index in [1.165, 1.54) is 12.8 Å². The standard InChI is InChI=1S/C14H24O2/c1-12(2)7-5-8-13(3)10(12)6-9-14(13,4)11(15)16/h10H,5-9H2,1-4H3,(H,15,16)/t10-,13-,14-/m0/s1. The second-order valence-electron chi connectivity index (χ2n) is 6.99. The van der Waals surface area contributed by atoms with Gasteiger partial charge in [0, 0.05) is 0 Å². The number of hydrogen-bond donors (Lipinski definition) is 1. The van der Waals surface area contributed by atoms with Gasteiger partial charge in [-0.25, -0.2) is 0 Å². The van der Waals surface area contributed by atoms with Crippen molar-refractivity contribution in [3.05, 3.63) is 0 Å². The van der Waals surface area contributed by atoms with E-state index in [1.54, 1.807) is 0 Å². The first kappa shape index (κ1) is 11.9. The first-order chi connectivity index (χ1) is 7.24. The highest BCUT2D eigenvalue weighted by molar-refractivity contribution is 5.76. The van der Waals surface area contributed by atoms with Crippen molar-refractivity contribution in [2.45, 2.75) is 59.8 Å². The number of carboxylic acid groups (broad SMARTS) is 1. The molecule has 2 fully saturated rings. The minimum atomic E-state index is -0.588. The molecule has 0 radical (unpaired) electrons. The Labute approximate surface area is 98.4 Å². The summed E-state index contributed by atoms with van der Waals surface area (Å²) in [5.41, 5.74) is -0.184. The first-order valence-electron chi connectivity index (χ1n) is 6.47. The number of hydrogen-bond acceptors (Lipinski definition) is 1. The molecule has 16 heavy (non-hydrogen) atoms. The molecule has 0 aliphatic heterocycles. The molecule has 0 unspecified atom stereocenters. The van der Waals surface area contributed by atoms with Crippen LogP contribution in [0.4, 0.5) is 0 Å². The molecule has 2 aliphatic rings. The molecular formula is C14H24O2. The maximum absolute atomic E-state index is 11.6. The quantitative estimate of drug-likeness (QED) is 0.737. The monoisotopic (exact) mass is 224 g/mol. The van der Waals surface area contributed by atoms with Crippen LogP contribution < -0.4 is 0 Å². The van der Waals surface area contributed by atoms with Crippen LogP contribution in [0.3, 0.4) is 0 Å². The molecular weight excluding hydrogens is 200 g/mol. The van der Waals surface area contributed by atoms with E-state index in [4.69, 9.17) is 0 Å². The molecule has 1 N–H and O–H groups in total. The van der Waals surface area contributed by atoms with Gasteiger partial charge < -0.3 is 5.11 Å². The lowest BCUT2D eigenvalue weighted by atomic mass is 9.52. The molecule has 3 atom stereocenters. The van der Waals surface area contributed by atoms with Gasteiger partial charge in [0.05, 0.1) is 5.41 Å². The van der Waals surface area contributed by atoms with Crippen LogP contribution in [0.25, 0.3) is 0 Å². The summed E-state index contributed by atoms with van der Waals surface area (Å²) in [6.07, 6.45) is 5.47. The molecule has 0 aromatic heterocycles. The number of rotatable bonds is 1. The Kier molecular flexibility index (Phi) is 2.42. The third kappa shape index (κ3) is 1.28. The van der Waals surface area contributed by atoms with Gasteiger partial charge in [0.1, 0.15) is 0 Å². The van der Waals surface area contributed by atoms with Crippen LogP contribution >= 0.6 is 0 Å². The highest BCUT2D eigenvalue weighted by Crippen LogP contribution is 2.66. The van der Waals surface area contributed by atoms with E-state index in [1.807, 2.05) is 6.92 Å². The fourth-order valence-corrected chi connectivity index (χ4v) is 4.56. The summed E-state index contributed by atoms with van der Waals surface area (Å²) in [6, 6.07) is 0. The Morgan fingerprint density at radius 2 is 1.75 bits per heavy atom. The minimum absolute atomic E-state index is 0.000579. The number of aliphatic carboxylic acids is 1. The lowest BCUT2D eigenvalue weighted by Crippen LogP contribution is -2.48. The molecule has 2 heteroatoms. The van der Waals surface area contributed by atoms with Crippen molar-refractivity contribution in [3.8, 4) is 0 Å². The summed E-state index contributed by atoms with van der Waals surface area (Å²) < 4.78 is 0. The number of fused-ring (bicyclic) bond motifs is 1. The highest BCUT2D eigenvalue weighted by atomic mass is 16.4. The summed E-state index contributed by atoms with van der Waals surface area (Å²) >= 11 is 0. The largest absolute Gasteiger partial charge is 0.481 e. The fraction of sp³-hybridized carbons (Fsp3) is 0.929. The topological polar surface area (TPSA) is 37.3 Å². The second kappa shape index (κ2) is 3.24. The Morgan fingerprint density at radius 3 is 2.31 bits per heavy atom. The van der Waals surface area contributed by atoms with E-state index >= 15 is 0 Å². The van der Waals surface area contributed by atoms with Gasteiger partial charge in [0.25, 0.3) is 0 Å². The van der Waals surface area contributed by atoms with Crippen molar-refractivity contribution in [3.63, 3.8) is 0 Å². The van der Waals surface area contributed by atoms with Gasteiger partial charge in [0.2, 0.25) is 0 Å². The zero-order valence-corrected chi connectivity index (χ0v) is 11.0. The molecule has 2 aliphatic carbocycles. The smallest absolute Gasteiger partial charge is 0.309 e. The van der Waals surface area contributed by atoms with E-state index in [2.05, 4.69) is 20.8 Å². The van der Waals surface area contributed by atoms with Gasteiger partial charge in [-0.2, -0.15) is 0 Å². The molecule has 0 spiro atoms. The van der Waals surface area contributed by atoms with Crippen LogP contribution in [-0.2, 0) is 4.79 Å². The van der Waals surface area contributed by atoms with Crippen molar-refractivity contribution < 1.29 is 9.90 Å². The highest BCUT2D eigenvalue weighted by Gasteiger charge is 2.62. The number of carbonyl (C=O) groups is 1. The van der Waals surface area contributed by atoms with Crippen LogP contribution in [0.5, 0.6) is 0 Å². The molecule has 0 heterocycles. The third-order valence-electron chi connectivity index (χ3n) is 5.90. The van der Waals surface area contributed by atoms with Crippen molar-refractivity contribution in [2.24, 2.45) is 22.2 Å². The lowest BCUT2D eigenvalue weighted by Gasteiger charge is -2.52. The summed E-state index contributed by atoms with van der Waals surface area (Å²) in [6.45, 7) is 8.84. The van der Waals surface area contributed by atoms with Crippen molar-refractivity contribution in [1.82, 2.24) is 0 Å². The summed E-state index contributed by atoms with van der Waals surface area (Å²) in [5, 5.41) is 9.55. The van der Waals surface area contributed by atoms with Gasteiger partial charge in [-0.05, 0) is 49.4 Å². The Hall–Kier alpha value is -0.530. The molecule has 0 saturated heterocycles. The van der Waals surface area contributed by atoms with Crippen molar-refractivity contribution >= 4 is 5.97 Å². The lowest BCUT2D eigenvalue weighted by molar-refractivity contribution is -0.159. The average Bonchev–Trinajstić information content (AvgIpc) is 2.41. The molecule has 0 aromatic carbocycles. The average molecular weight is 224 g/mol. The molecule has 0 bridgehead atoms. The van der Waals surface area contributed by atoms with Gasteiger partial charge >= 0.3 is 5.97 Å². The van der Waals surface area contributed by atoms with E-state index in [-0.39, 0.29) is 5.41 Å². The maximum Gasteiger partial charge on any atom is 0.309 e. The summed E-state index contributed by atoms with van der Waals surface area (Å²) in [5.74, 6) is -0.00921. The molecule has 0 amide bonds. The number of carboxylic acids is 1. The Morgan fingerprint density at radius 1 is 1.12 bits per heavy atom. The predicted octanol–water partition coefficient (Wildman–Crippen LogP) is 3.70. The Bertz CT molecular complexity index is 321. The normalized spacial score (nSPS) is 46.4. The first-order valence-corrected chi connectivity index (χ1v) is 6.47. The second-order valence-corrected chi connectivity index (χ2v) is 6.99. The molecule has 2 nitrogen and oxygen atoms in total. The fourth-order valence-electron chi connectivity index (χ4n) is 4.56. The summed E-state index contributed by atoms with van der Waals surface area (Å²) in [4.78, 5) is 11.6. The van der Waals surface area contributed by atoms with Gasteiger partial charge in [-0.15, -0.1) is 0 Å². The SMILES string of the molecule is CC1(C)CCC[C@@]2(C)[C@H]1CC[C@@]2(C)C(=O)O. The van der Waals surface area contributed by atoms with Crippen LogP contribution in [-0.4, -0.2) is 11.1 Å². The van der Waals surface area contributed by atoms with E-state index in [0.29, 0.717) is 11.3 Å². The predicted molar refractivity (Wildman–Crippen MR) is 64.2 cm³/mol. The van der Waals surface area contributed by atoms with Crippen LogP contribution in [0.2, 0.25) is 0 Å². The van der Waals surface area contributed by atoms with Gasteiger partial charge in [0.15, 0.2) is 0 Å². The van der Waals surface area contributed by atoms with E-state index < -0.39 is 11.4 Å². The maximum atomic E-state index is 11.6. The summed E-state index contributed by atoms with van der Waals surface area (Å²) in [7, 11) is 0. The third-order valence-corrected chi connectivity index (χ3v) is 5.90. The van der Waals surface area contributed by atoms with Crippen molar-refractivity contribution in [2.75, 3.05) is 0 Å². The minimum Gasteiger partial charge on any atom is -0.481 e. The molecule has 0 aromatic rings. The van der Waals surface area contributed by atoms with E-state index in [0.717, 1.165) is 19.3 Å². The zero-order chi connectivity index (χ0) is 12.2. The molecule has 2 saturated carbocycles. The van der Waals surface area contributed by atoms with E-state index in [9.17, 15) is 9.90 Å². The molecule has 2 rings (SSSR count). The van der Waals surface area contributed by atoms with Crippen LogP contribution in [0.1, 0.15) is 59.8 Å². The Balaban J connectivity index is 2.42. The van der Waals surface area contributed by atoms with Crippen LogP contribution in [0.15, 0.2) is 0 Å². The van der Waals surface area contributed by atoms with Gasteiger partial charge in [-0.1, -0.05) is 27.2 Å². The van der Waals surface area contributed by atoms with Gasteiger partial charge in [-0.3, -0.25) is 4.79 Å². The van der Waals surface area contributed by atoms with Crippen LogP contribution in [0, 0.1) is 22.2 Å². The van der Waals surface area contributed by atoms with Crippen molar-refractivity contribution in [1.29, 1.82) is 0 Å².